The molecule has 2 saturated carbocycles. The zero-order chi connectivity index (χ0) is 16.7. The lowest BCUT2D eigenvalue weighted by atomic mass is 9.84. The fourth-order valence-electron chi connectivity index (χ4n) is 4.69. The first-order valence-corrected chi connectivity index (χ1v) is 9.10. The van der Waals surface area contributed by atoms with Crippen LogP contribution in [0.4, 0.5) is 0 Å². The largest absolute Gasteiger partial charge is 0.486 e. The second-order valence-corrected chi connectivity index (χ2v) is 7.31. The van der Waals surface area contributed by atoms with Crippen LogP contribution in [0.3, 0.4) is 0 Å². The molecule has 3 aliphatic rings. The maximum atomic E-state index is 13.0. The van der Waals surface area contributed by atoms with Crippen LogP contribution >= 0.6 is 12.4 Å². The first kappa shape index (κ1) is 18.3. The predicted molar refractivity (Wildman–Crippen MR) is 98.2 cm³/mol. The number of carbonyl (C=O) groups excluding carboxylic acids is 1. The van der Waals surface area contributed by atoms with Gasteiger partial charge in [-0.05, 0) is 50.2 Å². The molecule has 0 aromatic heterocycles. The zero-order valence-electron chi connectivity index (χ0n) is 14.6. The second-order valence-electron chi connectivity index (χ2n) is 7.31. The molecule has 1 heterocycles. The van der Waals surface area contributed by atoms with Crippen molar-refractivity contribution in [2.75, 3.05) is 19.7 Å². The molecule has 2 N–H and O–H groups in total. The van der Waals surface area contributed by atoms with Crippen LogP contribution in [0.1, 0.15) is 26.2 Å². The number of carbonyl (C=O) groups is 1. The number of likely N-dealkylation sites (N-methyl/N-ethyl adjacent to an activating group) is 1. The van der Waals surface area contributed by atoms with E-state index < -0.39 is 0 Å². The lowest BCUT2D eigenvalue weighted by Gasteiger charge is -2.35. The van der Waals surface area contributed by atoms with Crippen molar-refractivity contribution < 1.29 is 14.3 Å². The summed E-state index contributed by atoms with van der Waals surface area (Å²) in [5, 5.41) is 0. The van der Waals surface area contributed by atoms with Crippen LogP contribution in [-0.2, 0) is 4.79 Å². The molecule has 1 aliphatic heterocycles. The average molecular weight is 367 g/mol. The quantitative estimate of drug-likeness (QED) is 0.889. The van der Waals surface area contributed by atoms with Crippen molar-refractivity contribution in [3.05, 3.63) is 24.3 Å². The maximum Gasteiger partial charge on any atom is 0.227 e. The van der Waals surface area contributed by atoms with Gasteiger partial charge < -0.3 is 20.1 Å². The molecular formula is C19H27ClN2O3. The molecule has 0 radical (unpaired) electrons. The molecule has 2 fully saturated rings. The highest BCUT2D eigenvalue weighted by molar-refractivity contribution is 5.85. The monoisotopic (exact) mass is 366 g/mol. The summed E-state index contributed by atoms with van der Waals surface area (Å²) in [6.07, 6.45) is 3.35. The SMILES string of the molecule is CCN(CC1COc2ccccc2O1)C(=O)C1C2CCC(C2)C1N.Cl. The predicted octanol–water partition coefficient (Wildman–Crippen LogP) is 2.47. The first-order chi connectivity index (χ1) is 11.7. The fraction of sp³-hybridized carbons (Fsp3) is 0.632. The third kappa shape index (κ3) is 3.32. The highest BCUT2D eigenvalue weighted by Crippen LogP contribution is 2.48. The Morgan fingerprint density at radius 3 is 2.64 bits per heavy atom. The van der Waals surface area contributed by atoms with Gasteiger partial charge in [0, 0.05) is 12.6 Å². The van der Waals surface area contributed by atoms with Crippen LogP contribution in [0, 0.1) is 17.8 Å². The smallest absolute Gasteiger partial charge is 0.227 e. The van der Waals surface area contributed by atoms with Gasteiger partial charge in [0.2, 0.25) is 5.91 Å². The van der Waals surface area contributed by atoms with Gasteiger partial charge in [-0.2, -0.15) is 0 Å². The van der Waals surface area contributed by atoms with E-state index in [1.165, 1.54) is 6.42 Å². The van der Waals surface area contributed by atoms with E-state index in [9.17, 15) is 4.79 Å². The molecule has 2 bridgehead atoms. The van der Waals surface area contributed by atoms with E-state index in [1.54, 1.807) is 0 Å². The summed E-state index contributed by atoms with van der Waals surface area (Å²) in [6.45, 7) is 3.74. The van der Waals surface area contributed by atoms with Gasteiger partial charge in [0.25, 0.3) is 0 Å². The van der Waals surface area contributed by atoms with Gasteiger partial charge in [0.15, 0.2) is 17.6 Å². The molecule has 5 atom stereocenters. The number of nitrogens with zero attached hydrogens (tertiary/aromatic N) is 1. The van der Waals surface area contributed by atoms with E-state index >= 15 is 0 Å². The Bertz CT molecular complexity index is 624. The minimum Gasteiger partial charge on any atom is -0.486 e. The highest BCUT2D eigenvalue weighted by Gasteiger charge is 2.50. The van der Waals surface area contributed by atoms with Crippen LogP contribution < -0.4 is 15.2 Å². The van der Waals surface area contributed by atoms with Gasteiger partial charge in [-0.3, -0.25) is 4.79 Å². The van der Waals surface area contributed by atoms with Gasteiger partial charge in [-0.15, -0.1) is 12.4 Å². The zero-order valence-corrected chi connectivity index (χ0v) is 15.4. The van der Waals surface area contributed by atoms with Gasteiger partial charge in [0.1, 0.15) is 6.61 Å². The Labute approximate surface area is 155 Å². The van der Waals surface area contributed by atoms with Gasteiger partial charge in [0.05, 0.1) is 12.5 Å². The number of nitrogens with two attached hydrogens (primary N) is 1. The molecule has 1 amide bonds. The van der Waals surface area contributed by atoms with Gasteiger partial charge >= 0.3 is 0 Å². The van der Waals surface area contributed by atoms with Crippen molar-refractivity contribution >= 4 is 18.3 Å². The molecule has 1 aromatic rings. The van der Waals surface area contributed by atoms with Crippen LogP contribution in [0.15, 0.2) is 24.3 Å². The Balaban J connectivity index is 0.00000182. The normalized spacial score (nSPS) is 32.2. The molecule has 5 unspecified atom stereocenters. The molecular weight excluding hydrogens is 340 g/mol. The Hall–Kier alpha value is -1.46. The molecule has 138 valence electrons. The number of para-hydroxylation sites is 2. The number of benzene rings is 1. The van der Waals surface area contributed by atoms with Gasteiger partial charge in [-0.25, -0.2) is 0 Å². The summed E-state index contributed by atoms with van der Waals surface area (Å²) in [4.78, 5) is 15.0. The second kappa shape index (κ2) is 7.42. The van der Waals surface area contributed by atoms with E-state index in [2.05, 4.69) is 0 Å². The van der Waals surface area contributed by atoms with E-state index in [0.29, 0.717) is 31.5 Å². The average Bonchev–Trinajstić information content (AvgIpc) is 3.20. The van der Waals surface area contributed by atoms with E-state index in [1.807, 2.05) is 36.1 Å². The van der Waals surface area contributed by atoms with E-state index in [4.69, 9.17) is 15.2 Å². The van der Waals surface area contributed by atoms with Crippen LogP contribution in [-0.4, -0.2) is 42.6 Å². The molecule has 1 aromatic carbocycles. The van der Waals surface area contributed by atoms with Crippen molar-refractivity contribution in [3.8, 4) is 11.5 Å². The number of rotatable bonds is 4. The maximum absolute atomic E-state index is 13.0. The van der Waals surface area contributed by atoms with Crippen molar-refractivity contribution in [2.24, 2.45) is 23.5 Å². The Morgan fingerprint density at radius 1 is 1.24 bits per heavy atom. The first-order valence-electron chi connectivity index (χ1n) is 9.10. The molecule has 2 aliphatic carbocycles. The molecule has 4 rings (SSSR count). The molecule has 0 spiro atoms. The molecule has 0 saturated heterocycles. The lowest BCUT2D eigenvalue weighted by molar-refractivity contribution is -0.139. The highest BCUT2D eigenvalue weighted by atomic mass is 35.5. The number of hydrogen-bond donors (Lipinski definition) is 1. The summed E-state index contributed by atoms with van der Waals surface area (Å²) in [7, 11) is 0. The van der Waals surface area contributed by atoms with Crippen molar-refractivity contribution in [2.45, 2.75) is 38.3 Å². The standard InChI is InChI=1S/C19H26N2O3.ClH/c1-2-21(19(22)17-12-7-8-13(9-12)18(17)20)10-14-11-23-15-5-3-4-6-16(15)24-14;/h3-6,12-14,17-18H,2,7-11,20H2,1H3;1H. The number of amides is 1. The van der Waals surface area contributed by atoms with Crippen molar-refractivity contribution in [3.63, 3.8) is 0 Å². The fourth-order valence-corrected chi connectivity index (χ4v) is 4.69. The topological polar surface area (TPSA) is 64.8 Å². The van der Waals surface area contributed by atoms with Crippen molar-refractivity contribution in [1.29, 1.82) is 0 Å². The summed E-state index contributed by atoms with van der Waals surface area (Å²) in [5.74, 6) is 2.77. The summed E-state index contributed by atoms with van der Waals surface area (Å²) >= 11 is 0. The summed E-state index contributed by atoms with van der Waals surface area (Å²) in [6, 6.07) is 7.71. The van der Waals surface area contributed by atoms with Gasteiger partial charge in [-0.1, -0.05) is 12.1 Å². The minimum atomic E-state index is -0.126. The third-order valence-corrected chi connectivity index (χ3v) is 5.95. The van der Waals surface area contributed by atoms with E-state index in [-0.39, 0.29) is 36.4 Å². The third-order valence-electron chi connectivity index (χ3n) is 5.95. The Kier molecular flexibility index (Phi) is 5.44. The summed E-state index contributed by atoms with van der Waals surface area (Å²) in [5.41, 5.74) is 6.35. The summed E-state index contributed by atoms with van der Waals surface area (Å²) < 4.78 is 11.8. The minimum absolute atomic E-state index is 0. The number of ether oxygens (including phenoxy) is 2. The number of halogens is 1. The Morgan fingerprint density at radius 2 is 1.96 bits per heavy atom. The lowest BCUT2D eigenvalue weighted by Crippen LogP contribution is -2.50. The van der Waals surface area contributed by atoms with Crippen LogP contribution in [0.5, 0.6) is 11.5 Å². The molecule has 5 nitrogen and oxygen atoms in total. The molecule has 6 heteroatoms. The number of fused-ring (bicyclic) bond motifs is 3. The van der Waals surface area contributed by atoms with Crippen LogP contribution in [0.2, 0.25) is 0 Å². The van der Waals surface area contributed by atoms with Crippen LogP contribution in [0.25, 0.3) is 0 Å². The van der Waals surface area contributed by atoms with E-state index in [0.717, 1.165) is 24.3 Å². The number of hydrogen-bond acceptors (Lipinski definition) is 4. The molecule has 25 heavy (non-hydrogen) atoms. The van der Waals surface area contributed by atoms with Crippen molar-refractivity contribution in [1.82, 2.24) is 4.90 Å².